The monoisotopic (exact) mass is 529 g/mol. The second-order valence-corrected chi connectivity index (χ2v) is 8.00. The zero-order valence-corrected chi connectivity index (χ0v) is 18.8. The van der Waals surface area contributed by atoms with Crippen molar-refractivity contribution in [3.63, 3.8) is 0 Å². The van der Waals surface area contributed by atoms with Crippen molar-refractivity contribution in [2.75, 3.05) is 12.4 Å². The second-order valence-electron chi connectivity index (χ2n) is 6.35. The van der Waals surface area contributed by atoms with Crippen LogP contribution in [-0.2, 0) is 0 Å². The number of ether oxygens (including phenoxy) is 1. The van der Waals surface area contributed by atoms with Gasteiger partial charge >= 0.3 is 0 Å². The van der Waals surface area contributed by atoms with E-state index >= 15 is 0 Å². The Morgan fingerprint density at radius 3 is 2.50 bits per heavy atom. The molecule has 1 heterocycles. The van der Waals surface area contributed by atoms with Crippen molar-refractivity contribution in [1.82, 2.24) is 10.3 Å². The van der Waals surface area contributed by atoms with Gasteiger partial charge in [-0.05, 0) is 95.5 Å². The van der Waals surface area contributed by atoms with Crippen LogP contribution in [0.3, 0.4) is 0 Å². The molecule has 150 valence electrons. The molecule has 4 rings (SSSR count). The van der Waals surface area contributed by atoms with Gasteiger partial charge in [0.25, 0.3) is 5.91 Å². The van der Waals surface area contributed by atoms with Crippen LogP contribution in [0.2, 0.25) is 0 Å². The topological polar surface area (TPSA) is 76.4 Å². The Hall–Kier alpha value is -2.98. The molecule has 2 N–H and O–H groups in total. The van der Waals surface area contributed by atoms with Crippen molar-refractivity contribution in [2.45, 2.75) is 0 Å². The number of carbonyl (C=O) groups excluding carboxylic acids is 1. The van der Waals surface area contributed by atoms with E-state index < -0.39 is 0 Å². The van der Waals surface area contributed by atoms with Crippen molar-refractivity contribution in [3.8, 4) is 17.2 Å². The average molecular weight is 529 g/mol. The van der Waals surface area contributed by atoms with Crippen LogP contribution in [0.25, 0.3) is 22.6 Å². The van der Waals surface area contributed by atoms with Gasteiger partial charge in [-0.25, -0.2) is 4.98 Å². The number of hydrogen-bond acceptors (Lipinski definition) is 5. The number of anilines is 1. The molecule has 0 bridgehead atoms. The number of thiocarbonyl (C=S) groups is 1. The predicted octanol–water partition coefficient (Wildman–Crippen LogP) is 5.23. The smallest absolute Gasteiger partial charge is 0.257 e. The number of nitrogens with zero attached hydrogens (tertiary/aromatic N) is 1. The van der Waals surface area contributed by atoms with E-state index in [-0.39, 0.29) is 11.0 Å². The molecule has 0 fully saturated rings. The third-order valence-corrected chi connectivity index (χ3v) is 5.24. The van der Waals surface area contributed by atoms with Crippen molar-refractivity contribution < 1.29 is 13.9 Å². The average Bonchev–Trinajstić information content (AvgIpc) is 3.17. The molecule has 3 aromatic carbocycles. The maximum Gasteiger partial charge on any atom is 0.257 e. The van der Waals surface area contributed by atoms with E-state index in [1.807, 2.05) is 54.6 Å². The van der Waals surface area contributed by atoms with E-state index in [4.69, 9.17) is 21.4 Å². The van der Waals surface area contributed by atoms with Gasteiger partial charge in [0, 0.05) is 26.5 Å². The Morgan fingerprint density at radius 2 is 1.80 bits per heavy atom. The second kappa shape index (κ2) is 8.80. The van der Waals surface area contributed by atoms with Crippen molar-refractivity contribution >= 4 is 62.6 Å². The number of rotatable bonds is 4. The van der Waals surface area contributed by atoms with Gasteiger partial charge < -0.3 is 14.5 Å². The lowest BCUT2D eigenvalue weighted by molar-refractivity contribution is 0.0977. The fourth-order valence-electron chi connectivity index (χ4n) is 2.79. The highest BCUT2D eigenvalue weighted by molar-refractivity contribution is 14.1. The number of methoxy groups -OCH3 is 1. The van der Waals surface area contributed by atoms with E-state index in [0.717, 1.165) is 26.1 Å². The lowest BCUT2D eigenvalue weighted by atomic mass is 10.2. The van der Waals surface area contributed by atoms with Gasteiger partial charge in [-0.15, -0.1) is 0 Å². The quantitative estimate of drug-likeness (QED) is 0.279. The minimum Gasteiger partial charge on any atom is -0.497 e. The molecule has 1 amide bonds. The van der Waals surface area contributed by atoms with Gasteiger partial charge in [-0.2, -0.15) is 0 Å². The Kier molecular flexibility index (Phi) is 5.96. The number of carbonyl (C=O) groups is 1. The summed E-state index contributed by atoms with van der Waals surface area (Å²) in [6.45, 7) is 0. The molecule has 0 aliphatic carbocycles. The van der Waals surface area contributed by atoms with Crippen LogP contribution in [0, 0.1) is 3.57 Å². The summed E-state index contributed by atoms with van der Waals surface area (Å²) in [7, 11) is 1.61. The molecule has 8 heteroatoms. The highest BCUT2D eigenvalue weighted by Crippen LogP contribution is 2.27. The highest BCUT2D eigenvalue weighted by Gasteiger charge is 2.11. The van der Waals surface area contributed by atoms with Gasteiger partial charge in [0.2, 0.25) is 5.89 Å². The van der Waals surface area contributed by atoms with Gasteiger partial charge in [0.15, 0.2) is 10.7 Å². The molecular formula is C22H16IN3O3S. The Morgan fingerprint density at radius 1 is 1.07 bits per heavy atom. The number of amides is 1. The van der Waals surface area contributed by atoms with Crippen LogP contribution < -0.4 is 15.4 Å². The highest BCUT2D eigenvalue weighted by atomic mass is 127. The maximum atomic E-state index is 12.3. The van der Waals surface area contributed by atoms with Crippen LogP contribution in [-0.4, -0.2) is 23.1 Å². The fourth-order valence-corrected chi connectivity index (χ4v) is 3.36. The summed E-state index contributed by atoms with van der Waals surface area (Å²) < 4.78 is 12.1. The zero-order chi connectivity index (χ0) is 21.1. The van der Waals surface area contributed by atoms with Gasteiger partial charge in [0.05, 0.1) is 7.11 Å². The summed E-state index contributed by atoms with van der Waals surface area (Å²) in [5.41, 5.74) is 3.52. The molecule has 4 aromatic rings. The molecule has 0 atom stereocenters. The van der Waals surface area contributed by atoms with E-state index in [0.29, 0.717) is 17.0 Å². The normalized spacial score (nSPS) is 10.6. The van der Waals surface area contributed by atoms with Crippen LogP contribution in [0.5, 0.6) is 5.75 Å². The summed E-state index contributed by atoms with van der Waals surface area (Å²) in [4.78, 5) is 16.8. The van der Waals surface area contributed by atoms with Crippen molar-refractivity contribution in [1.29, 1.82) is 0 Å². The molecule has 1 aromatic heterocycles. The standard InChI is InChI=1S/C22H16IN3O3S/c1-28-17-10-11-19-18(12-17)25-21(29-19)14-4-8-16(9-5-14)24-22(30)26-20(27)13-2-6-15(23)7-3-13/h2-12H,1H3,(H2,24,26,27,30). The number of aromatic nitrogens is 1. The fraction of sp³-hybridized carbons (Fsp3) is 0.0455. The van der Waals surface area contributed by atoms with E-state index in [1.54, 1.807) is 19.2 Å². The third-order valence-electron chi connectivity index (χ3n) is 4.32. The summed E-state index contributed by atoms with van der Waals surface area (Å²) in [5.74, 6) is 0.976. The van der Waals surface area contributed by atoms with Crippen molar-refractivity contribution in [3.05, 3.63) is 75.9 Å². The van der Waals surface area contributed by atoms with Crippen LogP contribution in [0.1, 0.15) is 10.4 Å². The summed E-state index contributed by atoms with van der Waals surface area (Å²) in [6.07, 6.45) is 0. The summed E-state index contributed by atoms with van der Waals surface area (Å²) in [6, 6.07) is 20.1. The Balaban J connectivity index is 1.42. The number of halogens is 1. The Bertz CT molecular complexity index is 1220. The molecule has 6 nitrogen and oxygen atoms in total. The first-order valence-electron chi connectivity index (χ1n) is 8.95. The van der Waals surface area contributed by atoms with E-state index in [9.17, 15) is 4.79 Å². The van der Waals surface area contributed by atoms with Gasteiger partial charge in [-0.3, -0.25) is 10.1 Å². The number of benzene rings is 3. The SMILES string of the molecule is COc1ccc2oc(-c3ccc(NC(=S)NC(=O)c4ccc(I)cc4)cc3)nc2c1. The van der Waals surface area contributed by atoms with Crippen molar-refractivity contribution in [2.24, 2.45) is 0 Å². The maximum absolute atomic E-state index is 12.3. The number of nitrogens with one attached hydrogen (secondary N) is 2. The number of oxazole rings is 1. The van der Waals surface area contributed by atoms with Crippen LogP contribution >= 0.6 is 34.8 Å². The van der Waals surface area contributed by atoms with Crippen LogP contribution in [0.15, 0.2) is 71.1 Å². The van der Waals surface area contributed by atoms with Crippen LogP contribution in [0.4, 0.5) is 5.69 Å². The number of hydrogen-bond donors (Lipinski definition) is 2. The molecular weight excluding hydrogens is 513 g/mol. The Labute approximate surface area is 191 Å². The minimum absolute atomic E-state index is 0.222. The summed E-state index contributed by atoms with van der Waals surface area (Å²) in [5, 5.41) is 5.90. The molecule has 30 heavy (non-hydrogen) atoms. The largest absolute Gasteiger partial charge is 0.497 e. The van der Waals surface area contributed by atoms with Gasteiger partial charge in [0.1, 0.15) is 11.3 Å². The third kappa shape index (κ3) is 4.60. The molecule has 0 saturated heterocycles. The molecule has 0 aliphatic heterocycles. The molecule has 0 unspecified atom stereocenters. The lowest BCUT2D eigenvalue weighted by Gasteiger charge is -2.10. The van der Waals surface area contributed by atoms with Gasteiger partial charge in [-0.1, -0.05) is 0 Å². The minimum atomic E-state index is -0.262. The van der Waals surface area contributed by atoms with E-state index in [2.05, 4.69) is 38.2 Å². The first-order valence-corrected chi connectivity index (χ1v) is 10.4. The zero-order valence-electron chi connectivity index (χ0n) is 15.8. The molecule has 0 spiro atoms. The first kappa shape index (κ1) is 20.3. The molecule has 0 radical (unpaired) electrons. The number of fused-ring (bicyclic) bond motifs is 1. The predicted molar refractivity (Wildman–Crippen MR) is 129 cm³/mol. The van der Waals surface area contributed by atoms with E-state index in [1.165, 1.54) is 0 Å². The molecule has 0 saturated carbocycles. The molecule has 0 aliphatic rings. The summed E-state index contributed by atoms with van der Waals surface area (Å²) >= 11 is 7.43. The lowest BCUT2D eigenvalue weighted by Crippen LogP contribution is -2.34. The first-order chi connectivity index (χ1) is 14.5.